The van der Waals surface area contributed by atoms with Crippen LogP contribution < -0.4 is 5.32 Å². The first kappa shape index (κ1) is 16.5. The Morgan fingerprint density at radius 2 is 1.75 bits per heavy atom. The van der Waals surface area contributed by atoms with Crippen LogP contribution in [0.4, 0.5) is 0 Å². The lowest BCUT2D eigenvalue weighted by molar-refractivity contribution is -0.121. The third-order valence-electron chi connectivity index (χ3n) is 4.84. The summed E-state index contributed by atoms with van der Waals surface area (Å²) < 4.78 is 0. The van der Waals surface area contributed by atoms with E-state index in [0.29, 0.717) is 19.4 Å². The maximum atomic E-state index is 12.1. The quantitative estimate of drug-likeness (QED) is 0.733. The number of hydrogen-bond donors (Lipinski definition) is 3. The Balaban J connectivity index is 1.50. The van der Waals surface area contributed by atoms with E-state index in [0.717, 1.165) is 24.0 Å². The zero-order valence-corrected chi connectivity index (χ0v) is 13.6. The van der Waals surface area contributed by atoms with Gasteiger partial charge in [-0.2, -0.15) is 0 Å². The molecular formula is C20H23NO3. The van der Waals surface area contributed by atoms with Crippen LogP contribution in [0, 0.1) is 5.41 Å². The highest BCUT2D eigenvalue weighted by Gasteiger charge is 2.49. The number of para-hydroxylation sites is 1. The summed E-state index contributed by atoms with van der Waals surface area (Å²) in [6.07, 6.45) is 2.13. The highest BCUT2D eigenvalue weighted by molar-refractivity contribution is 5.76. The molecule has 1 unspecified atom stereocenters. The lowest BCUT2D eigenvalue weighted by Crippen LogP contribution is -2.33. The number of aromatic hydroxyl groups is 1. The van der Waals surface area contributed by atoms with Crippen LogP contribution >= 0.6 is 0 Å². The molecule has 2 aromatic carbocycles. The molecule has 126 valence electrons. The lowest BCUT2D eigenvalue weighted by Gasteiger charge is -2.23. The largest absolute Gasteiger partial charge is 0.508 e. The zero-order valence-electron chi connectivity index (χ0n) is 13.6. The van der Waals surface area contributed by atoms with Gasteiger partial charge in [0.25, 0.3) is 0 Å². The van der Waals surface area contributed by atoms with Crippen molar-refractivity contribution in [3.8, 4) is 5.75 Å². The van der Waals surface area contributed by atoms with Crippen LogP contribution in [0.5, 0.6) is 5.75 Å². The number of aliphatic hydroxyl groups excluding tert-OH is 1. The van der Waals surface area contributed by atoms with Crippen LogP contribution in [0.1, 0.15) is 36.5 Å². The summed E-state index contributed by atoms with van der Waals surface area (Å²) in [4.78, 5) is 12.1. The predicted octanol–water partition coefficient (Wildman–Crippen LogP) is 2.95. The Hall–Kier alpha value is -2.33. The van der Waals surface area contributed by atoms with E-state index in [2.05, 4.69) is 5.32 Å². The molecule has 1 saturated carbocycles. The minimum Gasteiger partial charge on any atom is -0.508 e. The number of hydrogen-bond acceptors (Lipinski definition) is 3. The van der Waals surface area contributed by atoms with Gasteiger partial charge < -0.3 is 15.5 Å². The van der Waals surface area contributed by atoms with Crippen molar-refractivity contribution in [2.24, 2.45) is 5.41 Å². The minimum atomic E-state index is -0.544. The van der Waals surface area contributed by atoms with Crippen molar-refractivity contribution in [1.29, 1.82) is 0 Å². The number of benzene rings is 2. The van der Waals surface area contributed by atoms with Crippen LogP contribution in [0.3, 0.4) is 0 Å². The van der Waals surface area contributed by atoms with Crippen LogP contribution in [-0.4, -0.2) is 22.7 Å². The number of aliphatic hydroxyl groups is 1. The Bertz CT molecular complexity index is 695. The van der Waals surface area contributed by atoms with E-state index in [1.165, 1.54) is 0 Å². The lowest BCUT2D eigenvalue weighted by atomic mass is 9.92. The molecular weight excluding hydrogens is 302 g/mol. The summed E-state index contributed by atoms with van der Waals surface area (Å²) in [7, 11) is 0. The molecule has 0 bridgehead atoms. The van der Waals surface area contributed by atoms with E-state index < -0.39 is 6.10 Å². The van der Waals surface area contributed by atoms with Crippen LogP contribution in [0.2, 0.25) is 0 Å². The topological polar surface area (TPSA) is 69.6 Å². The molecule has 3 N–H and O–H groups in total. The van der Waals surface area contributed by atoms with Gasteiger partial charge in [-0.15, -0.1) is 0 Å². The van der Waals surface area contributed by atoms with Gasteiger partial charge in [-0.25, -0.2) is 0 Å². The Morgan fingerprint density at radius 3 is 2.42 bits per heavy atom. The molecule has 0 aromatic heterocycles. The number of carbonyl (C=O) groups is 1. The molecule has 1 aliphatic carbocycles. The first-order valence-electron chi connectivity index (χ1n) is 8.37. The van der Waals surface area contributed by atoms with Gasteiger partial charge in [-0.1, -0.05) is 48.5 Å². The molecule has 1 fully saturated rings. The summed E-state index contributed by atoms with van der Waals surface area (Å²) >= 11 is 0. The number of aryl methyl sites for hydroxylation is 1. The first-order valence-corrected chi connectivity index (χ1v) is 8.37. The van der Waals surface area contributed by atoms with Gasteiger partial charge in [-0.3, -0.25) is 4.79 Å². The number of phenols is 1. The van der Waals surface area contributed by atoms with Gasteiger partial charge in [-0.05, 0) is 36.5 Å². The third-order valence-corrected chi connectivity index (χ3v) is 4.84. The van der Waals surface area contributed by atoms with Gasteiger partial charge in [0.05, 0.1) is 6.10 Å². The fourth-order valence-electron chi connectivity index (χ4n) is 3.03. The molecule has 0 saturated heterocycles. The summed E-state index contributed by atoms with van der Waals surface area (Å²) in [5, 5.41) is 23.3. The fourth-order valence-corrected chi connectivity index (χ4v) is 3.03. The normalized spacial score (nSPS) is 16.4. The number of amides is 1. The molecule has 4 nitrogen and oxygen atoms in total. The number of carbonyl (C=O) groups excluding carboxylic acids is 1. The van der Waals surface area contributed by atoms with E-state index in [1.807, 2.05) is 42.5 Å². The van der Waals surface area contributed by atoms with Crippen LogP contribution in [0.25, 0.3) is 0 Å². The van der Waals surface area contributed by atoms with E-state index in [9.17, 15) is 15.0 Å². The fraction of sp³-hybridized carbons (Fsp3) is 0.350. The van der Waals surface area contributed by atoms with Crippen molar-refractivity contribution in [3.63, 3.8) is 0 Å². The second-order valence-electron chi connectivity index (χ2n) is 6.58. The molecule has 3 rings (SSSR count). The average Bonchev–Trinajstić information content (AvgIpc) is 3.40. The van der Waals surface area contributed by atoms with Gasteiger partial charge in [0.15, 0.2) is 0 Å². The SMILES string of the molecule is O=C(CCc1ccccc1O)NCC1(C(O)c2ccccc2)CC1. The van der Waals surface area contributed by atoms with E-state index in [-0.39, 0.29) is 17.1 Å². The van der Waals surface area contributed by atoms with Gasteiger partial charge in [0.1, 0.15) is 5.75 Å². The summed E-state index contributed by atoms with van der Waals surface area (Å²) in [6, 6.07) is 16.7. The van der Waals surface area contributed by atoms with Crippen molar-refractivity contribution in [2.75, 3.05) is 6.54 Å². The molecule has 1 aliphatic rings. The molecule has 0 heterocycles. The van der Waals surface area contributed by atoms with Crippen molar-refractivity contribution >= 4 is 5.91 Å². The average molecular weight is 325 g/mol. The molecule has 0 aliphatic heterocycles. The number of rotatable bonds is 7. The van der Waals surface area contributed by atoms with E-state index >= 15 is 0 Å². The summed E-state index contributed by atoms with van der Waals surface area (Å²) in [6.45, 7) is 0.489. The highest BCUT2D eigenvalue weighted by atomic mass is 16.3. The maximum Gasteiger partial charge on any atom is 0.220 e. The van der Waals surface area contributed by atoms with Crippen molar-refractivity contribution in [2.45, 2.75) is 31.8 Å². The summed E-state index contributed by atoms with van der Waals surface area (Å²) in [5.74, 6) is 0.174. The standard InChI is InChI=1S/C20H23NO3/c22-17-9-5-4-6-15(17)10-11-18(23)21-14-20(12-13-20)19(24)16-7-2-1-3-8-16/h1-9,19,22,24H,10-14H2,(H,21,23). The monoisotopic (exact) mass is 325 g/mol. The van der Waals surface area contributed by atoms with Crippen molar-refractivity contribution < 1.29 is 15.0 Å². The number of phenolic OH excluding ortho intramolecular Hbond substituents is 1. The van der Waals surface area contributed by atoms with E-state index in [4.69, 9.17) is 0 Å². The molecule has 1 atom stereocenters. The van der Waals surface area contributed by atoms with Crippen molar-refractivity contribution in [1.82, 2.24) is 5.32 Å². The van der Waals surface area contributed by atoms with Gasteiger partial charge in [0.2, 0.25) is 5.91 Å². The second-order valence-corrected chi connectivity index (χ2v) is 6.58. The number of nitrogens with one attached hydrogen (secondary N) is 1. The first-order chi connectivity index (χ1) is 11.6. The Kier molecular flexibility index (Phi) is 4.86. The third kappa shape index (κ3) is 3.77. The summed E-state index contributed by atoms with van der Waals surface area (Å²) in [5.41, 5.74) is 1.45. The van der Waals surface area contributed by atoms with E-state index in [1.54, 1.807) is 12.1 Å². The Morgan fingerprint density at radius 1 is 1.08 bits per heavy atom. The smallest absolute Gasteiger partial charge is 0.220 e. The zero-order chi connectivity index (χ0) is 17.0. The molecule has 2 aromatic rings. The second kappa shape index (κ2) is 7.05. The molecule has 4 heteroatoms. The van der Waals surface area contributed by atoms with Crippen molar-refractivity contribution in [3.05, 3.63) is 65.7 Å². The predicted molar refractivity (Wildman–Crippen MR) is 92.5 cm³/mol. The molecule has 0 spiro atoms. The van der Waals surface area contributed by atoms with Gasteiger partial charge >= 0.3 is 0 Å². The van der Waals surface area contributed by atoms with Gasteiger partial charge in [0, 0.05) is 18.4 Å². The highest BCUT2D eigenvalue weighted by Crippen LogP contribution is 2.54. The minimum absolute atomic E-state index is 0.0511. The maximum absolute atomic E-state index is 12.1. The van der Waals surface area contributed by atoms with Crippen LogP contribution in [-0.2, 0) is 11.2 Å². The molecule has 1 amide bonds. The van der Waals surface area contributed by atoms with Crippen LogP contribution in [0.15, 0.2) is 54.6 Å². The Labute approximate surface area is 142 Å². The molecule has 0 radical (unpaired) electrons. The molecule has 24 heavy (non-hydrogen) atoms.